The fourth-order valence-electron chi connectivity index (χ4n) is 3.89. The largest absolute Gasteiger partial charge is 0.481 e. The van der Waals surface area contributed by atoms with Crippen LogP contribution in [0.2, 0.25) is 0 Å². The lowest BCUT2D eigenvalue weighted by Crippen LogP contribution is -2.40. The second-order valence-corrected chi connectivity index (χ2v) is 8.43. The summed E-state index contributed by atoms with van der Waals surface area (Å²) in [6.07, 6.45) is -0.398. The van der Waals surface area contributed by atoms with Gasteiger partial charge in [-0.15, -0.1) is 0 Å². The summed E-state index contributed by atoms with van der Waals surface area (Å²) in [5.41, 5.74) is 3.26. The molecule has 1 heterocycles. The zero-order chi connectivity index (χ0) is 24.3. The zero-order valence-corrected chi connectivity index (χ0v) is 18.8. The number of aromatic nitrogens is 1. The van der Waals surface area contributed by atoms with Crippen molar-refractivity contribution < 1.29 is 28.8 Å². The molecule has 2 amide bonds. The van der Waals surface area contributed by atoms with Crippen molar-refractivity contribution in [3.63, 3.8) is 0 Å². The van der Waals surface area contributed by atoms with Gasteiger partial charge in [-0.2, -0.15) is 0 Å². The molecule has 0 bridgehead atoms. The second kappa shape index (κ2) is 9.38. The van der Waals surface area contributed by atoms with E-state index in [4.69, 9.17) is 9.26 Å². The first-order chi connectivity index (χ1) is 16.3. The number of nitrogens with one attached hydrogen (secondary N) is 2. The number of ether oxygens (including phenoxy) is 1. The van der Waals surface area contributed by atoms with Crippen LogP contribution in [0.3, 0.4) is 0 Å². The molecule has 2 aromatic carbocycles. The second-order valence-electron chi connectivity index (χ2n) is 8.43. The molecule has 1 aliphatic rings. The normalized spacial score (nSPS) is 13.9. The average molecular weight is 463 g/mol. The lowest BCUT2D eigenvalue weighted by atomic mass is 9.88. The number of amides is 2. The number of rotatable bonds is 8. The third-order valence-electron chi connectivity index (χ3n) is 6.25. The van der Waals surface area contributed by atoms with Crippen LogP contribution in [0.4, 0.5) is 10.7 Å². The topological polar surface area (TPSA) is 131 Å². The van der Waals surface area contributed by atoms with Crippen molar-refractivity contribution in [2.24, 2.45) is 5.41 Å². The highest BCUT2D eigenvalue weighted by Gasteiger charge is 2.32. The van der Waals surface area contributed by atoms with E-state index in [0.29, 0.717) is 6.42 Å². The predicted molar refractivity (Wildman–Crippen MR) is 124 cm³/mol. The van der Waals surface area contributed by atoms with Crippen LogP contribution < -0.4 is 10.6 Å². The lowest BCUT2D eigenvalue weighted by molar-refractivity contribution is -0.147. The van der Waals surface area contributed by atoms with Gasteiger partial charge in [-0.3, -0.25) is 14.9 Å². The molecule has 1 unspecified atom stereocenters. The summed E-state index contributed by atoms with van der Waals surface area (Å²) in [5, 5.41) is 17.9. The number of carbonyl (C=O) groups excluding carboxylic acids is 2. The Morgan fingerprint density at radius 3 is 2.29 bits per heavy atom. The number of nitrogens with zero attached hydrogens (tertiary/aromatic N) is 1. The number of hydrogen-bond donors (Lipinski definition) is 3. The molecule has 34 heavy (non-hydrogen) atoms. The first-order valence-corrected chi connectivity index (χ1v) is 10.9. The van der Waals surface area contributed by atoms with Gasteiger partial charge in [0.1, 0.15) is 6.61 Å². The van der Waals surface area contributed by atoms with Crippen LogP contribution in [0.15, 0.2) is 59.1 Å². The van der Waals surface area contributed by atoms with Crippen molar-refractivity contribution in [3.05, 3.63) is 71.4 Å². The van der Waals surface area contributed by atoms with Crippen LogP contribution in [-0.2, 0) is 9.53 Å². The van der Waals surface area contributed by atoms with Crippen molar-refractivity contribution in [1.82, 2.24) is 10.5 Å². The summed E-state index contributed by atoms with van der Waals surface area (Å²) >= 11 is 0. The Bertz CT molecular complexity index is 1190. The minimum absolute atomic E-state index is 0.0566. The number of carboxylic acids is 1. The zero-order valence-electron chi connectivity index (χ0n) is 18.8. The van der Waals surface area contributed by atoms with Gasteiger partial charge in [0.2, 0.25) is 5.88 Å². The highest BCUT2D eigenvalue weighted by atomic mass is 16.6. The van der Waals surface area contributed by atoms with E-state index in [1.165, 1.54) is 6.07 Å². The van der Waals surface area contributed by atoms with Crippen LogP contribution in [-0.4, -0.2) is 41.4 Å². The van der Waals surface area contributed by atoms with Gasteiger partial charge in [0, 0.05) is 18.5 Å². The standard InChI is InChI=1S/C25H25N3O6/c1-3-25(2,23(30)31)14-26-22(29)20-12-21(34-28-20)27-24(32)33-13-19-17-10-6-4-8-15(17)16-9-5-7-11-18(16)19/h4-12,19H,3,13-14H2,1-2H3,(H,26,29)(H,27,32)(H,30,31). The van der Waals surface area contributed by atoms with Crippen molar-refractivity contribution >= 4 is 23.9 Å². The maximum atomic E-state index is 12.4. The highest BCUT2D eigenvalue weighted by Crippen LogP contribution is 2.44. The number of carboxylic acid groups (broad SMARTS) is 1. The Kier molecular flexibility index (Phi) is 6.36. The summed E-state index contributed by atoms with van der Waals surface area (Å²) in [6, 6.07) is 17.3. The van der Waals surface area contributed by atoms with Crippen molar-refractivity contribution in [2.75, 3.05) is 18.5 Å². The minimum Gasteiger partial charge on any atom is -0.481 e. The Morgan fingerprint density at radius 1 is 1.09 bits per heavy atom. The first kappa shape index (κ1) is 23.0. The molecule has 0 aliphatic heterocycles. The van der Waals surface area contributed by atoms with Crippen LogP contribution in [0, 0.1) is 5.41 Å². The molecular weight excluding hydrogens is 438 g/mol. The van der Waals surface area contributed by atoms with Gasteiger partial charge in [0.25, 0.3) is 5.91 Å². The number of carbonyl (C=O) groups is 3. The van der Waals surface area contributed by atoms with Gasteiger partial charge in [0.15, 0.2) is 5.69 Å². The molecule has 0 saturated carbocycles. The van der Waals surface area contributed by atoms with E-state index in [2.05, 4.69) is 27.9 Å². The third kappa shape index (κ3) is 4.50. The van der Waals surface area contributed by atoms with Crippen molar-refractivity contribution in [2.45, 2.75) is 26.2 Å². The van der Waals surface area contributed by atoms with E-state index in [1.807, 2.05) is 36.4 Å². The number of fused-ring (bicyclic) bond motifs is 3. The molecule has 1 aliphatic carbocycles. The molecule has 0 radical (unpaired) electrons. The van der Waals surface area contributed by atoms with Crippen LogP contribution in [0.1, 0.15) is 47.8 Å². The molecule has 3 N–H and O–H groups in total. The van der Waals surface area contributed by atoms with E-state index in [1.54, 1.807) is 13.8 Å². The van der Waals surface area contributed by atoms with Gasteiger partial charge in [0.05, 0.1) is 5.41 Å². The molecule has 9 heteroatoms. The van der Waals surface area contributed by atoms with Gasteiger partial charge in [-0.25, -0.2) is 4.79 Å². The number of aliphatic carboxylic acids is 1. The predicted octanol–water partition coefficient (Wildman–Crippen LogP) is 4.27. The molecule has 0 saturated heterocycles. The molecule has 1 atom stereocenters. The number of anilines is 1. The molecule has 9 nitrogen and oxygen atoms in total. The maximum Gasteiger partial charge on any atom is 0.414 e. The van der Waals surface area contributed by atoms with E-state index >= 15 is 0 Å². The number of hydrogen-bond acceptors (Lipinski definition) is 6. The van der Waals surface area contributed by atoms with Crippen LogP contribution >= 0.6 is 0 Å². The fourth-order valence-corrected chi connectivity index (χ4v) is 3.89. The van der Waals surface area contributed by atoms with Gasteiger partial charge in [-0.1, -0.05) is 60.6 Å². The summed E-state index contributed by atoms with van der Waals surface area (Å²) in [4.78, 5) is 36.0. The molecule has 1 aromatic heterocycles. The van der Waals surface area contributed by atoms with Crippen molar-refractivity contribution in [3.8, 4) is 11.1 Å². The Hall–Kier alpha value is -4.14. The average Bonchev–Trinajstić information content (AvgIpc) is 3.43. The van der Waals surface area contributed by atoms with Crippen LogP contribution in [0.5, 0.6) is 0 Å². The van der Waals surface area contributed by atoms with E-state index in [-0.39, 0.29) is 30.6 Å². The van der Waals surface area contributed by atoms with Crippen LogP contribution in [0.25, 0.3) is 11.1 Å². The molecule has 3 aromatic rings. The lowest BCUT2D eigenvalue weighted by Gasteiger charge is -2.22. The van der Waals surface area contributed by atoms with Gasteiger partial charge < -0.3 is 19.7 Å². The van der Waals surface area contributed by atoms with Crippen molar-refractivity contribution in [1.29, 1.82) is 0 Å². The van der Waals surface area contributed by atoms with E-state index < -0.39 is 23.4 Å². The fraction of sp³-hybridized carbons (Fsp3) is 0.280. The smallest absolute Gasteiger partial charge is 0.414 e. The summed E-state index contributed by atoms with van der Waals surface area (Å²) in [6.45, 7) is 3.33. The molecule has 176 valence electrons. The molecule has 0 fully saturated rings. The minimum atomic E-state index is -1.10. The monoisotopic (exact) mass is 463 g/mol. The highest BCUT2D eigenvalue weighted by molar-refractivity contribution is 5.94. The molecule has 4 rings (SSSR count). The number of benzene rings is 2. The first-order valence-electron chi connectivity index (χ1n) is 10.9. The van der Waals surface area contributed by atoms with Gasteiger partial charge in [-0.05, 0) is 35.6 Å². The Balaban J connectivity index is 1.34. The maximum absolute atomic E-state index is 12.4. The van der Waals surface area contributed by atoms with E-state index in [9.17, 15) is 19.5 Å². The summed E-state index contributed by atoms with van der Waals surface area (Å²) in [5.74, 6) is -1.76. The Morgan fingerprint density at radius 2 is 1.71 bits per heavy atom. The molecule has 0 spiro atoms. The third-order valence-corrected chi connectivity index (χ3v) is 6.25. The van der Waals surface area contributed by atoms with E-state index in [0.717, 1.165) is 22.3 Å². The van der Waals surface area contributed by atoms with Gasteiger partial charge >= 0.3 is 12.1 Å². The molecular formula is C25H25N3O6. The summed E-state index contributed by atoms with van der Waals surface area (Å²) < 4.78 is 10.5. The SMILES string of the molecule is CCC(C)(CNC(=O)c1cc(NC(=O)OCC2c3ccccc3-c3ccccc32)on1)C(=O)O. The summed E-state index contributed by atoms with van der Waals surface area (Å²) in [7, 11) is 0. The quantitative estimate of drug-likeness (QED) is 0.455. The Labute approximate surface area is 196 Å².